The number of nitrogens with zero attached hydrogens (tertiary/aromatic N) is 3. The fraction of sp³-hybridized carbons (Fsp3) is 0.613. The summed E-state index contributed by atoms with van der Waals surface area (Å²) in [5.74, 6) is 0.904. The van der Waals surface area contributed by atoms with E-state index in [0.29, 0.717) is 23.1 Å². The molecule has 41 heavy (non-hydrogen) atoms. The minimum Gasteiger partial charge on any atom is -0.444 e. The number of carbonyl (C=O) groups is 2. The van der Waals surface area contributed by atoms with E-state index < -0.39 is 5.60 Å². The number of halogens is 1. The Kier molecular flexibility index (Phi) is 9.48. The van der Waals surface area contributed by atoms with Gasteiger partial charge in [0, 0.05) is 36.0 Å². The second-order valence-corrected chi connectivity index (χ2v) is 14.7. The third kappa shape index (κ3) is 8.07. The van der Waals surface area contributed by atoms with E-state index in [1.165, 1.54) is 0 Å². The lowest BCUT2D eigenvalue weighted by atomic mass is 9.76. The summed E-state index contributed by atoms with van der Waals surface area (Å²) in [6.07, 6.45) is 5.73. The zero-order valence-corrected chi connectivity index (χ0v) is 27.0. The number of carbonyl (C=O) groups excluding carboxylic acids is 2. The van der Waals surface area contributed by atoms with Crippen LogP contribution in [0.15, 0.2) is 29.3 Å². The van der Waals surface area contributed by atoms with Crippen LogP contribution >= 0.6 is 23.5 Å². The van der Waals surface area contributed by atoms with Crippen molar-refractivity contribution in [2.45, 2.75) is 109 Å². The van der Waals surface area contributed by atoms with Crippen molar-refractivity contribution < 1.29 is 14.3 Å². The molecule has 2 aromatic heterocycles. The summed E-state index contributed by atoms with van der Waals surface area (Å²) in [5.41, 5.74) is 1.74. The van der Waals surface area contributed by atoms with E-state index in [1.54, 1.807) is 0 Å². The second kappa shape index (κ2) is 12.4. The maximum atomic E-state index is 13.0. The average molecular weight is 602 g/mol. The van der Waals surface area contributed by atoms with Crippen molar-refractivity contribution in [3.63, 3.8) is 0 Å². The molecule has 1 aliphatic carbocycles. The molecule has 0 radical (unpaired) electrons. The molecule has 0 bridgehead atoms. The van der Waals surface area contributed by atoms with Gasteiger partial charge in [0.1, 0.15) is 21.6 Å². The zero-order chi connectivity index (χ0) is 30.0. The van der Waals surface area contributed by atoms with Gasteiger partial charge in [0.2, 0.25) is 0 Å². The smallest absolute Gasteiger partial charge is 0.410 e. The first-order valence-corrected chi connectivity index (χ1v) is 15.7. The minimum absolute atomic E-state index is 0.0353. The van der Waals surface area contributed by atoms with E-state index in [9.17, 15) is 9.59 Å². The first-order valence-electron chi connectivity index (χ1n) is 14.5. The molecule has 1 aliphatic heterocycles. The highest BCUT2D eigenvalue weighted by molar-refractivity contribution is 7.97. The molecule has 3 heterocycles. The number of amides is 2. The number of hydrogen-bond donors (Lipinski definition) is 2. The van der Waals surface area contributed by atoms with Crippen molar-refractivity contribution in [2.24, 2.45) is 5.92 Å². The summed E-state index contributed by atoms with van der Waals surface area (Å²) in [5, 5.41) is 4.31. The molecule has 224 valence electrons. The Morgan fingerprint density at radius 1 is 1.20 bits per heavy atom. The number of hydrogen-bond acceptors (Lipinski definition) is 7. The van der Waals surface area contributed by atoms with Gasteiger partial charge >= 0.3 is 6.09 Å². The van der Waals surface area contributed by atoms with E-state index in [1.807, 2.05) is 49.9 Å². The highest BCUT2D eigenvalue weighted by Crippen LogP contribution is 2.38. The first kappa shape index (κ1) is 31.4. The van der Waals surface area contributed by atoms with Crippen LogP contribution in [0, 0.1) is 5.92 Å². The molecule has 2 amide bonds. The largest absolute Gasteiger partial charge is 0.444 e. The van der Waals surface area contributed by atoms with E-state index >= 15 is 0 Å². The first-order chi connectivity index (χ1) is 19.1. The van der Waals surface area contributed by atoms with E-state index in [0.717, 1.165) is 74.1 Å². The number of pyridine rings is 2. The van der Waals surface area contributed by atoms with Crippen molar-refractivity contribution >= 4 is 41.4 Å². The van der Waals surface area contributed by atoms with E-state index in [-0.39, 0.29) is 28.1 Å². The Hall–Kier alpha value is -2.52. The standard InChI is InChI=1S/C31H44ClN5O3S/c1-29(2,3)40-28(39)37-19-20(18-31(37,6)7)11-10-16-33-23-13-8-14-24(34-23)41-36-27(38)22-17-21-12-9-15-30(4,5)25(21)35-26(22)32/h8,13-14,17,20H,9-12,15-16,18-19H2,1-7H3,(H,33,34)(H,36,38)/t20-/m0/s1. The van der Waals surface area contributed by atoms with Crippen molar-refractivity contribution in [3.05, 3.63) is 46.2 Å². The zero-order valence-electron chi connectivity index (χ0n) is 25.4. The van der Waals surface area contributed by atoms with Gasteiger partial charge in [0.05, 0.1) is 11.3 Å². The van der Waals surface area contributed by atoms with Gasteiger partial charge in [0.15, 0.2) is 0 Å². The molecule has 8 nitrogen and oxygen atoms in total. The van der Waals surface area contributed by atoms with Gasteiger partial charge in [-0.1, -0.05) is 31.5 Å². The summed E-state index contributed by atoms with van der Waals surface area (Å²) < 4.78 is 8.49. The molecular weight excluding hydrogens is 558 g/mol. The third-order valence-corrected chi connectivity index (χ3v) is 8.84. The summed E-state index contributed by atoms with van der Waals surface area (Å²) in [4.78, 5) is 36.8. The Morgan fingerprint density at radius 2 is 1.95 bits per heavy atom. The number of likely N-dealkylation sites (tertiary alicyclic amines) is 1. The van der Waals surface area contributed by atoms with Crippen molar-refractivity contribution in [3.8, 4) is 0 Å². The summed E-state index contributed by atoms with van der Waals surface area (Å²) in [7, 11) is 0. The lowest BCUT2D eigenvalue weighted by Gasteiger charge is -2.33. The lowest BCUT2D eigenvalue weighted by molar-refractivity contribution is 0.0130. The van der Waals surface area contributed by atoms with Gasteiger partial charge in [-0.3, -0.25) is 9.52 Å². The van der Waals surface area contributed by atoms with Gasteiger partial charge in [-0.05, 0) is 103 Å². The number of aromatic nitrogens is 2. The van der Waals surface area contributed by atoms with E-state index in [2.05, 4.69) is 47.7 Å². The number of nitrogens with one attached hydrogen (secondary N) is 2. The molecular formula is C31H44ClN5O3S. The Balaban J connectivity index is 1.25. The molecule has 1 saturated heterocycles. The molecule has 0 saturated carbocycles. The molecule has 0 unspecified atom stereocenters. The van der Waals surface area contributed by atoms with Gasteiger partial charge in [-0.15, -0.1) is 0 Å². The van der Waals surface area contributed by atoms with Crippen LogP contribution < -0.4 is 10.0 Å². The highest BCUT2D eigenvalue weighted by Gasteiger charge is 2.42. The molecule has 2 aromatic rings. The molecule has 4 rings (SSSR count). The van der Waals surface area contributed by atoms with Gasteiger partial charge in [-0.25, -0.2) is 14.8 Å². The van der Waals surface area contributed by atoms with Crippen molar-refractivity contribution in [1.82, 2.24) is 19.6 Å². The van der Waals surface area contributed by atoms with Crippen LogP contribution in [0.5, 0.6) is 0 Å². The SMILES string of the molecule is CC(C)(C)OC(=O)N1C[C@@H](CCCNc2cccc(SNC(=O)c3cc4c(nc3Cl)C(C)(C)CCC4)n2)CC1(C)C. The highest BCUT2D eigenvalue weighted by atomic mass is 35.5. The van der Waals surface area contributed by atoms with Crippen LogP contribution in [0.1, 0.15) is 102 Å². The van der Waals surface area contributed by atoms with Gasteiger partial charge < -0.3 is 15.0 Å². The fourth-order valence-corrected chi connectivity index (χ4v) is 6.68. The normalized spacial score (nSPS) is 19.4. The van der Waals surface area contributed by atoms with Crippen LogP contribution in [-0.2, 0) is 16.6 Å². The Bertz CT molecular complexity index is 1280. The van der Waals surface area contributed by atoms with E-state index in [4.69, 9.17) is 16.3 Å². The van der Waals surface area contributed by atoms with Crippen LogP contribution in [0.25, 0.3) is 0 Å². The molecule has 10 heteroatoms. The van der Waals surface area contributed by atoms with Crippen molar-refractivity contribution in [1.29, 1.82) is 0 Å². The second-order valence-electron chi connectivity index (χ2n) is 13.5. The maximum absolute atomic E-state index is 13.0. The third-order valence-electron chi connectivity index (χ3n) is 7.83. The summed E-state index contributed by atoms with van der Waals surface area (Å²) in [6.45, 7) is 15.7. The van der Waals surface area contributed by atoms with Crippen LogP contribution in [0.2, 0.25) is 5.15 Å². The lowest BCUT2D eigenvalue weighted by Crippen LogP contribution is -2.45. The predicted octanol–water partition coefficient (Wildman–Crippen LogP) is 7.41. The predicted molar refractivity (Wildman–Crippen MR) is 166 cm³/mol. The number of fused-ring (bicyclic) bond motifs is 1. The van der Waals surface area contributed by atoms with Crippen LogP contribution in [0.3, 0.4) is 0 Å². The van der Waals surface area contributed by atoms with Gasteiger partial charge in [-0.2, -0.15) is 0 Å². The van der Waals surface area contributed by atoms with Gasteiger partial charge in [0.25, 0.3) is 5.91 Å². The summed E-state index contributed by atoms with van der Waals surface area (Å²) >= 11 is 7.60. The number of anilines is 1. The Labute approximate surface area is 253 Å². The van der Waals surface area contributed by atoms with Crippen LogP contribution in [0.4, 0.5) is 10.6 Å². The summed E-state index contributed by atoms with van der Waals surface area (Å²) in [6, 6.07) is 7.58. The Morgan fingerprint density at radius 3 is 2.68 bits per heavy atom. The average Bonchev–Trinajstić information content (AvgIpc) is 3.18. The monoisotopic (exact) mass is 601 g/mol. The number of aryl methyl sites for hydroxylation is 1. The maximum Gasteiger partial charge on any atom is 0.410 e. The molecule has 0 aromatic carbocycles. The molecule has 2 aliphatic rings. The minimum atomic E-state index is -0.499. The number of rotatable bonds is 8. The molecule has 0 spiro atoms. The van der Waals surface area contributed by atoms with Crippen molar-refractivity contribution in [2.75, 3.05) is 18.4 Å². The quantitative estimate of drug-likeness (QED) is 0.185. The van der Waals surface area contributed by atoms with Crippen LogP contribution in [-0.4, -0.2) is 51.1 Å². The number of ether oxygens (including phenoxy) is 1. The fourth-order valence-electron chi connectivity index (χ4n) is 5.86. The topological polar surface area (TPSA) is 96.5 Å². The molecule has 1 fully saturated rings. The molecule has 2 N–H and O–H groups in total. The molecule has 1 atom stereocenters.